The van der Waals surface area contributed by atoms with Gasteiger partial charge in [-0.3, -0.25) is 0 Å². The second-order valence-electron chi connectivity index (χ2n) is 9.96. The lowest BCUT2D eigenvalue weighted by Crippen LogP contribution is -1.85. The van der Waals surface area contributed by atoms with Gasteiger partial charge in [0.05, 0.1) is 0 Å². The highest BCUT2D eigenvalue weighted by Gasteiger charge is 1.96. The van der Waals surface area contributed by atoms with Gasteiger partial charge in [0.1, 0.15) is 0 Å². The van der Waals surface area contributed by atoms with Crippen molar-refractivity contribution in [3.8, 4) is 0 Å². The molecule has 0 saturated heterocycles. The van der Waals surface area contributed by atoms with E-state index in [0.717, 1.165) is 0 Å². The fourth-order valence-corrected chi connectivity index (χ4v) is 5.31. The van der Waals surface area contributed by atoms with E-state index in [0.29, 0.717) is 0 Å². The van der Waals surface area contributed by atoms with Crippen molar-refractivity contribution >= 4 is 11.8 Å². The standard InChI is InChI=1S/C30H61S/c1-3-5-7-9-11-13-14-15-16-17-18-19-20-21-22-24-26-28-30-31-29-27-25-23-12-10-8-6-4-2/h30H,3-29H2,1-2H3. The maximum absolute atomic E-state index is 2.49. The van der Waals surface area contributed by atoms with Crippen molar-refractivity contribution in [1.29, 1.82) is 0 Å². The molecule has 0 amide bonds. The van der Waals surface area contributed by atoms with Crippen LogP contribution < -0.4 is 0 Å². The average molecular weight is 454 g/mol. The van der Waals surface area contributed by atoms with Crippen LogP contribution in [-0.2, 0) is 0 Å². The molecule has 0 aromatic carbocycles. The van der Waals surface area contributed by atoms with Crippen molar-refractivity contribution in [2.24, 2.45) is 0 Å². The fraction of sp³-hybridized carbons (Fsp3) is 0.967. The summed E-state index contributed by atoms with van der Waals surface area (Å²) in [5.41, 5.74) is 0. The fourth-order valence-electron chi connectivity index (χ4n) is 4.44. The summed E-state index contributed by atoms with van der Waals surface area (Å²) < 4.78 is 0. The minimum atomic E-state index is 1.33. The van der Waals surface area contributed by atoms with Crippen LogP contribution in [0.1, 0.15) is 181 Å². The lowest BCUT2D eigenvalue weighted by atomic mass is 10.0. The molecule has 31 heavy (non-hydrogen) atoms. The summed E-state index contributed by atoms with van der Waals surface area (Å²) in [7, 11) is 0. The van der Waals surface area contributed by atoms with Crippen LogP contribution in [0.4, 0.5) is 0 Å². The van der Waals surface area contributed by atoms with Gasteiger partial charge in [0, 0.05) is 5.75 Å². The van der Waals surface area contributed by atoms with Crippen molar-refractivity contribution in [3.63, 3.8) is 0 Å². The Morgan fingerprint density at radius 2 is 0.645 bits per heavy atom. The van der Waals surface area contributed by atoms with Crippen molar-refractivity contribution in [2.45, 2.75) is 181 Å². The number of rotatable bonds is 28. The molecule has 0 atom stereocenters. The Morgan fingerprint density at radius 3 is 1.00 bits per heavy atom. The van der Waals surface area contributed by atoms with E-state index >= 15 is 0 Å². The predicted molar refractivity (Wildman–Crippen MR) is 148 cm³/mol. The lowest BCUT2D eigenvalue weighted by Gasteiger charge is -2.04. The predicted octanol–water partition coefficient (Wildman–Crippen LogP) is 12.1. The van der Waals surface area contributed by atoms with E-state index in [9.17, 15) is 0 Å². The molecule has 0 rings (SSSR count). The Kier molecular flexibility index (Phi) is 30.7. The minimum Gasteiger partial charge on any atom is -0.157 e. The van der Waals surface area contributed by atoms with Crippen molar-refractivity contribution in [3.05, 3.63) is 5.75 Å². The molecule has 0 fully saturated rings. The quantitative estimate of drug-likeness (QED) is 0.106. The van der Waals surface area contributed by atoms with Gasteiger partial charge in [-0.15, -0.1) is 0 Å². The zero-order chi connectivity index (χ0) is 22.5. The first-order valence-corrected chi connectivity index (χ1v) is 15.9. The van der Waals surface area contributed by atoms with Crippen molar-refractivity contribution in [2.75, 3.05) is 5.75 Å². The molecule has 0 aromatic heterocycles. The van der Waals surface area contributed by atoms with Crippen LogP contribution in [0, 0.1) is 5.75 Å². The van der Waals surface area contributed by atoms with Gasteiger partial charge >= 0.3 is 0 Å². The van der Waals surface area contributed by atoms with Gasteiger partial charge in [-0.05, 0) is 18.6 Å². The van der Waals surface area contributed by atoms with Gasteiger partial charge in [-0.1, -0.05) is 168 Å². The molecule has 1 heteroatoms. The molecule has 0 aliphatic heterocycles. The summed E-state index contributed by atoms with van der Waals surface area (Å²) in [6.07, 6.45) is 37.8. The van der Waals surface area contributed by atoms with Crippen molar-refractivity contribution < 1.29 is 0 Å². The van der Waals surface area contributed by atoms with E-state index in [1.165, 1.54) is 173 Å². The third-order valence-corrected chi connectivity index (χ3v) is 7.65. The van der Waals surface area contributed by atoms with Gasteiger partial charge in [0.2, 0.25) is 0 Å². The van der Waals surface area contributed by atoms with E-state index in [1.807, 2.05) is 0 Å². The molecule has 0 spiro atoms. The molecule has 0 N–H and O–H groups in total. The third-order valence-electron chi connectivity index (χ3n) is 6.66. The second kappa shape index (κ2) is 30.4. The summed E-state index contributed by atoms with van der Waals surface area (Å²) >= 11 is 2.09. The Balaban J connectivity index is 2.98. The Hall–Kier alpha value is 0.350. The zero-order valence-corrected chi connectivity index (χ0v) is 22.9. The van der Waals surface area contributed by atoms with Crippen LogP contribution in [-0.4, -0.2) is 5.75 Å². The largest absolute Gasteiger partial charge is 0.157 e. The smallest absolute Gasteiger partial charge is 0.0166 e. The molecule has 0 saturated carbocycles. The van der Waals surface area contributed by atoms with Crippen LogP contribution in [0.25, 0.3) is 0 Å². The van der Waals surface area contributed by atoms with Crippen LogP contribution in [0.15, 0.2) is 0 Å². The zero-order valence-electron chi connectivity index (χ0n) is 22.1. The maximum atomic E-state index is 2.49. The number of unbranched alkanes of at least 4 members (excludes halogenated alkanes) is 24. The van der Waals surface area contributed by atoms with Crippen molar-refractivity contribution in [1.82, 2.24) is 0 Å². The monoisotopic (exact) mass is 453 g/mol. The number of hydrogen-bond donors (Lipinski definition) is 0. The van der Waals surface area contributed by atoms with E-state index in [1.54, 1.807) is 0 Å². The number of thioether (sulfide) groups is 1. The highest BCUT2D eigenvalue weighted by atomic mass is 32.2. The van der Waals surface area contributed by atoms with Gasteiger partial charge in [0.25, 0.3) is 0 Å². The molecule has 1 radical (unpaired) electrons. The molecule has 0 aromatic rings. The molecular weight excluding hydrogens is 392 g/mol. The van der Waals surface area contributed by atoms with Crippen LogP contribution in [0.2, 0.25) is 0 Å². The molecule has 0 aliphatic carbocycles. The molecule has 0 bridgehead atoms. The summed E-state index contributed by atoms with van der Waals surface area (Å²) in [6.45, 7) is 4.60. The van der Waals surface area contributed by atoms with E-state index in [4.69, 9.17) is 0 Å². The van der Waals surface area contributed by atoms with E-state index in [2.05, 4.69) is 31.4 Å². The molecule has 187 valence electrons. The van der Waals surface area contributed by atoms with Gasteiger partial charge in [-0.2, -0.15) is 11.8 Å². The molecular formula is C30H61S. The molecule has 0 unspecified atom stereocenters. The average Bonchev–Trinajstić information content (AvgIpc) is 2.78. The summed E-state index contributed by atoms with van der Waals surface area (Å²) in [6, 6.07) is 0. The van der Waals surface area contributed by atoms with Crippen LogP contribution in [0.3, 0.4) is 0 Å². The second-order valence-corrected chi connectivity index (χ2v) is 11.0. The SMILES string of the molecule is CCCCCCCCCCCCCCCCCCC[CH]SCCCCCCCCCC. The summed E-state index contributed by atoms with van der Waals surface area (Å²) in [5, 5.41) is 0. The molecule has 0 heterocycles. The van der Waals surface area contributed by atoms with E-state index < -0.39 is 0 Å². The van der Waals surface area contributed by atoms with Crippen LogP contribution in [0.5, 0.6) is 0 Å². The van der Waals surface area contributed by atoms with Gasteiger partial charge < -0.3 is 0 Å². The van der Waals surface area contributed by atoms with Gasteiger partial charge in [0.15, 0.2) is 0 Å². The Bertz CT molecular complexity index is 260. The maximum Gasteiger partial charge on any atom is 0.0166 e. The first kappa shape index (κ1) is 31.4. The number of hydrogen-bond acceptors (Lipinski definition) is 1. The highest BCUT2D eigenvalue weighted by Crippen LogP contribution is 2.18. The topological polar surface area (TPSA) is 0 Å². The Labute approximate surface area is 203 Å². The highest BCUT2D eigenvalue weighted by molar-refractivity contribution is 8.01. The minimum absolute atomic E-state index is 1.33. The molecule has 0 nitrogen and oxygen atoms in total. The normalized spacial score (nSPS) is 11.4. The first-order valence-electron chi connectivity index (χ1n) is 14.8. The third kappa shape index (κ3) is 30.4. The Morgan fingerprint density at radius 1 is 0.355 bits per heavy atom. The molecule has 0 aliphatic rings. The van der Waals surface area contributed by atoms with Crippen LogP contribution >= 0.6 is 11.8 Å². The lowest BCUT2D eigenvalue weighted by molar-refractivity contribution is 0.527. The first-order chi connectivity index (χ1) is 15.4. The van der Waals surface area contributed by atoms with Gasteiger partial charge in [-0.25, -0.2) is 0 Å². The summed E-state index contributed by atoms with van der Waals surface area (Å²) in [4.78, 5) is 0. The summed E-state index contributed by atoms with van der Waals surface area (Å²) in [5.74, 6) is 3.85. The van der Waals surface area contributed by atoms with E-state index in [-0.39, 0.29) is 0 Å².